The molecule has 2 aromatic rings. The Kier molecular flexibility index (Phi) is 7.13. The molecule has 0 saturated heterocycles. The summed E-state index contributed by atoms with van der Waals surface area (Å²) < 4.78 is 22.8. The third kappa shape index (κ3) is 4.38. The van der Waals surface area contributed by atoms with E-state index in [-0.39, 0.29) is 6.04 Å². The monoisotopic (exact) mass is 437 g/mol. The Hall–Kier alpha value is -2.82. The summed E-state index contributed by atoms with van der Waals surface area (Å²) in [7, 11) is 4.96. The van der Waals surface area contributed by atoms with Gasteiger partial charge in [-0.1, -0.05) is 38.3 Å². The van der Waals surface area contributed by atoms with Crippen LogP contribution in [0.4, 0.5) is 5.69 Å². The molecule has 1 heterocycles. The van der Waals surface area contributed by atoms with Gasteiger partial charge in [0.15, 0.2) is 11.5 Å². The number of nitrogens with one attached hydrogen (secondary N) is 1. The van der Waals surface area contributed by atoms with Crippen LogP contribution in [-0.4, -0.2) is 27.9 Å². The van der Waals surface area contributed by atoms with E-state index in [1.165, 1.54) is 24.8 Å². The van der Waals surface area contributed by atoms with Gasteiger partial charge in [-0.25, -0.2) is 0 Å². The van der Waals surface area contributed by atoms with Crippen molar-refractivity contribution >= 4 is 5.69 Å². The molecule has 5 nitrogen and oxygen atoms in total. The lowest BCUT2D eigenvalue weighted by Gasteiger charge is -2.38. The van der Waals surface area contributed by atoms with E-state index >= 15 is 0 Å². The van der Waals surface area contributed by atoms with Crippen molar-refractivity contribution in [3.63, 3.8) is 0 Å². The van der Waals surface area contributed by atoms with E-state index in [0.29, 0.717) is 29.1 Å². The lowest BCUT2D eigenvalue weighted by Crippen LogP contribution is -2.29. The first kappa shape index (κ1) is 22.4. The largest absolute Gasteiger partial charge is 0.494 e. The van der Waals surface area contributed by atoms with E-state index in [2.05, 4.69) is 54.7 Å². The van der Waals surface area contributed by atoms with E-state index in [1.54, 1.807) is 21.3 Å². The number of hydrogen-bond acceptors (Lipinski definition) is 5. The summed E-state index contributed by atoms with van der Waals surface area (Å²) in [6, 6.07) is 10.7. The third-order valence-corrected chi connectivity index (χ3v) is 6.65. The van der Waals surface area contributed by atoms with Gasteiger partial charge in [-0.15, -0.1) is 0 Å². The molecular weight excluding hydrogens is 402 g/mol. The lowest BCUT2D eigenvalue weighted by atomic mass is 9.77. The number of methoxy groups -OCH3 is 3. The Balaban J connectivity index is 1.59. The van der Waals surface area contributed by atoms with Gasteiger partial charge in [-0.05, 0) is 60.2 Å². The summed E-state index contributed by atoms with van der Waals surface area (Å²) in [5.41, 5.74) is 3.62. The van der Waals surface area contributed by atoms with Crippen molar-refractivity contribution in [3.8, 4) is 23.0 Å². The summed E-state index contributed by atoms with van der Waals surface area (Å²) in [6.45, 7) is 3.01. The van der Waals surface area contributed by atoms with Crippen LogP contribution in [0.15, 0.2) is 42.5 Å². The van der Waals surface area contributed by atoms with Crippen LogP contribution in [0, 0.1) is 5.92 Å². The number of hydrogen-bond donors (Lipinski definition) is 1. The molecule has 0 spiro atoms. The molecule has 0 bridgehead atoms. The van der Waals surface area contributed by atoms with Crippen LogP contribution >= 0.6 is 0 Å². The number of fused-ring (bicyclic) bond motifs is 3. The topological polar surface area (TPSA) is 49.0 Å². The van der Waals surface area contributed by atoms with Gasteiger partial charge in [-0.2, -0.15) is 0 Å². The van der Waals surface area contributed by atoms with Crippen LogP contribution in [0.2, 0.25) is 0 Å². The Labute approximate surface area is 191 Å². The molecule has 172 valence electrons. The van der Waals surface area contributed by atoms with Gasteiger partial charge >= 0.3 is 0 Å². The second-order valence-corrected chi connectivity index (χ2v) is 8.59. The smallest absolute Gasteiger partial charge is 0.203 e. The highest BCUT2D eigenvalue weighted by molar-refractivity contribution is 5.63. The highest BCUT2D eigenvalue weighted by Gasteiger charge is 2.38. The molecule has 2 aliphatic rings. The molecule has 1 aliphatic carbocycles. The van der Waals surface area contributed by atoms with Crippen LogP contribution in [0.5, 0.6) is 23.0 Å². The highest BCUT2D eigenvalue weighted by atomic mass is 16.5. The predicted octanol–water partition coefficient (Wildman–Crippen LogP) is 6.50. The fourth-order valence-corrected chi connectivity index (χ4v) is 4.99. The molecular formula is C27H35NO4. The first-order valence-corrected chi connectivity index (χ1v) is 11.7. The van der Waals surface area contributed by atoms with E-state index in [4.69, 9.17) is 18.9 Å². The highest BCUT2D eigenvalue weighted by Crippen LogP contribution is 2.52. The first-order chi connectivity index (χ1) is 15.7. The average molecular weight is 438 g/mol. The van der Waals surface area contributed by atoms with Gasteiger partial charge in [0, 0.05) is 11.6 Å². The molecule has 0 aromatic heterocycles. The van der Waals surface area contributed by atoms with Gasteiger partial charge < -0.3 is 24.3 Å². The van der Waals surface area contributed by atoms with Crippen LogP contribution < -0.4 is 24.3 Å². The van der Waals surface area contributed by atoms with Crippen molar-refractivity contribution in [3.05, 3.63) is 53.6 Å². The van der Waals surface area contributed by atoms with Crippen LogP contribution in [0.1, 0.15) is 62.1 Å². The van der Waals surface area contributed by atoms with Crippen LogP contribution in [0.25, 0.3) is 0 Å². The van der Waals surface area contributed by atoms with Crippen LogP contribution in [0.3, 0.4) is 0 Å². The summed E-state index contributed by atoms with van der Waals surface area (Å²) in [5.74, 6) is 3.74. The SMILES string of the molecule is CCCCCCOc1ccc2c(c1)C1C=CCC1C(c1cc(OC)c(OC)c(OC)c1)N2. The molecule has 3 unspecified atom stereocenters. The van der Waals surface area contributed by atoms with Crippen molar-refractivity contribution in [1.82, 2.24) is 0 Å². The molecule has 0 fully saturated rings. The lowest BCUT2D eigenvalue weighted by molar-refractivity contribution is 0.304. The van der Waals surface area contributed by atoms with Gasteiger partial charge in [-0.3, -0.25) is 0 Å². The second-order valence-electron chi connectivity index (χ2n) is 8.59. The minimum absolute atomic E-state index is 0.150. The number of ether oxygens (including phenoxy) is 4. The van der Waals surface area contributed by atoms with Crippen molar-refractivity contribution in [2.75, 3.05) is 33.3 Å². The van der Waals surface area contributed by atoms with Crippen molar-refractivity contribution in [2.45, 2.75) is 51.0 Å². The second kappa shape index (κ2) is 10.2. The maximum atomic E-state index is 6.07. The molecule has 0 radical (unpaired) electrons. The zero-order chi connectivity index (χ0) is 22.5. The molecule has 1 N–H and O–H groups in total. The third-order valence-electron chi connectivity index (χ3n) is 6.65. The maximum absolute atomic E-state index is 6.07. The Bertz CT molecular complexity index is 930. The van der Waals surface area contributed by atoms with Crippen molar-refractivity contribution in [1.29, 1.82) is 0 Å². The molecule has 0 saturated carbocycles. The Morgan fingerprint density at radius 1 is 0.938 bits per heavy atom. The standard InChI is InChI=1S/C27H35NO4/c1-5-6-7-8-14-32-19-12-13-23-22(17-19)20-10-9-11-21(20)26(28-23)18-15-24(29-2)27(31-4)25(16-18)30-3/h9-10,12-13,15-17,20-21,26,28H,5-8,11,14H2,1-4H3. The zero-order valence-corrected chi connectivity index (χ0v) is 19.6. The molecule has 32 heavy (non-hydrogen) atoms. The van der Waals surface area contributed by atoms with Gasteiger partial charge in [0.25, 0.3) is 0 Å². The molecule has 2 aromatic carbocycles. The number of benzene rings is 2. The minimum Gasteiger partial charge on any atom is -0.494 e. The molecule has 0 amide bonds. The fourth-order valence-electron chi connectivity index (χ4n) is 4.99. The summed E-state index contributed by atoms with van der Waals surface area (Å²) in [6.07, 6.45) is 10.5. The minimum atomic E-state index is 0.150. The maximum Gasteiger partial charge on any atom is 0.203 e. The molecule has 4 rings (SSSR count). The van der Waals surface area contributed by atoms with E-state index < -0.39 is 0 Å². The van der Waals surface area contributed by atoms with Crippen molar-refractivity contribution < 1.29 is 18.9 Å². The predicted molar refractivity (Wildman–Crippen MR) is 129 cm³/mol. The first-order valence-electron chi connectivity index (χ1n) is 11.7. The fraction of sp³-hybridized carbons (Fsp3) is 0.481. The molecule has 3 atom stereocenters. The van der Waals surface area contributed by atoms with E-state index in [0.717, 1.165) is 36.4 Å². The van der Waals surface area contributed by atoms with Gasteiger partial charge in [0.2, 0.25) is 5.75 Å². The zero-order valence-electron chi connectivity index (χ0n) is 19.6. The molecule has 5 heteroatoms. The summed E-state index contributed by atoms with van der Waals surface area (Å²) in [5, 5.41) is 3.79. The van der Waals surface area contributed by atoms with Crippen LogP contribution in [-0.2, 0) is 0 Å². The normalized spacial score (nSPS) is 20.8. The van der Waals surface area contributed by atoms with E-state index in [9.17, 15) is 0 Å². The molecule has 1 aliphatic heterocycles. The number of allylic oxidation sites excluding steroid dienone is 2. The summed E-state index contributed by atoms with van der Waals surface area (Å²) >= 11 is 0. The van der Waals surface area contributed by atoms with Crippen molar-refractivity contribution in [2.24, 2.45) is 5.92 Å². The van der Waals surface area contributed by atoms with Gasteiger partial charge in [0.1, 0.15) is 5.75 Å². The number of anilines is 1. The number of rotatable bonds is 10. The Morgan fingerprint density at radius 3 is 2.41 bits per heavy atom. The van der Waals surface area contributed by atoms with Gasteiger partial charge in [0.05, 0.1) is 34.0 Å². The number of unbranched alkanes of at least 4 members (excludes halogenated alkanes) is 3. The Morgan fingerprint density at radius 2 is 1.72 bits per heavy atom. The summed E-state index contributed by atoms with van der Waals surface area (Å²) in [4.78, 5) is 0. The average Bonchev–Trinajstić information content (AvgIpc) is 3.32. The van der Waals surface area contributed by atoms with E-state index in [1.807, 2.05) is 0 Å². The quantitative estimate of drug-likeness (QED) is 0.340.